The van der Waals surface area contributed by atoms with Crippen molar-refractivity contribution in [1.82, 2.24) is 20.7 Å². The van der Waals surface area contributed by atoms with Gasteiger partial charge >= 0.3 is 0 Å². The Morgan fingerprint density at radius 1 is 0.897 bits per heavy atom. The van der Waals surface area contributed by atoms with Gasteiger partial charge in [-0.2, -0.15) is 9.97 Å². The first-order valence-electron chi connectivity index (χ1n) is 13.0. The molecule has 0 saturated carbocycles. The molecule has 0 saturated heterocycles. The van der Waals surface area contributed by atoms with E-state index in [0.717, 1.165) is 30.4 Å². The standard InChI is InChI=1S/C29H38N4O6/c1-29(22-14-8-6-9-15-22,23-16-10-7-11-17-23)24(20-25-31-26(37-2)21-27(32-25)38-3)28(34)30-18-12-4-5-13-19-39-33(35)36/h6-11,14-17,21,24,35-36H,4-5,12-13,18-20H2,1-3H3,(H,30,34)/t24-/m1/s1. The van der Waals surface area contributed by atoms with Crippen LogP contribution in [0.5, 0.6) is 11.8 Å². The molecule has 2 aromatic carbocycles. The minimum absolute atomic E-state index is 0.102. The minimum atomic E-state index is -0.690. The van der Waals surface area contributed by atoms with Crippen LogP contribution in [0, 0.1) is 5.92 Å². The maximum Gasteiger partial charge on any atom is 0.224 e. The van der Waals surface area contributed by atoms with Crippen molar-refractivity contribution in [2.24, 2.45) is 5.92 Å². The van der Waals surface area contributed by atoms with Crippen LogP contribution in [-0.2, 0) is 21.5 Å². The maximum absolute atomic E-state index is 13.9. The third kappa shape index (κ3) is 8.46. The van der Waals surface area contributed by atoms with Gasteiger partial charge in [0.25, 0.3) is 0 Å². The number of hydrogen-bond acceptors (Lipinski definition) is 9. The van der Waals surface area contributed by atoms with Gasteiger partial charge in [0.1, 0.15) is 5.82 Å². The van der Waals surface area contributed by atoms with Crippen LogP contribution in [0.25, 0.3) is 0 Å². The van der Waals surface area contributed by atoms with Crippen LogP contribution in [0.3, 0.4) is 0 Å². The molecule has 0 unspecified atom stereocenters. The summed E-state index contributed by atoms with van der Waals surface area (Å²) in [6.07, 6.45) is 3.39. The molecule has 0 aliphatic rings. The number of hydrogen-bond donors (Lipinski definition) is 3. The summed E-state index contributed by atoms with van der Waals surface area (Å²) >= 11 is 0. The molecule has 10 heteroatoms. The molecule has 1 amide bonds. The number of nitrogens with zero attached hydrogens (tertiary/aromatic N) is 3. The van der Waals surface area contributed by atoms with Gasteiger partial charge in [-0.1, -0.05) is 80.4 Å². The summed E-state index contributed by atoms with van der Waals surface area (Å²) in [6, 6.07) is 21.6. The highest BCUT2D eigenvalue weighted by Crippen LogP contribution is 2.41. The normalized spacial score (nSPS) is 12.3. The zero-order valence-corrected chi connectivity index (χ0v) is 22.7. The van der Waals surface area contributed by atoms with E-state index in [4.69, 9.17) is 19.9 Å². The second-order valence-corrected chi connectivity index (χ2v) is 9.35. The summed E-state index contributed by atoms with van der Waals surface area (Å²) < 4.78 is 10.7. The van der Waals surface area contributed by atoms with E-state index >= 15 is 0 Å². The lowest BCUT2D eigenvalue weighted by Gasteiger charge is -2.38. The van der Waals surface area contributed by atoms with E-state index in [9.17, 15) is 4.79 Å². The third-order valence-corrected chi connectivity index (χ3v) is 6.87. The van der Waals surface area contributed by atoms with Crippen LogP contribution in [-0.4, -0.2) is 59.1 Å². The van der Waals surface area contributed by atoms with E-state index in [2.05, 4.69) is 27.0 Å². The van der Waals surface area contributed by atoms with Crippen LogP contribution in [0.15, 0.2) is 66.7 Å². The smallest absolute Gasteiger partial charge is 0.224 e. The van der Waals surface area contributed by atoms with E-state index in [1.807, 2.05) is 60.7 Å². The highest BCUT2D eigenvalue weighted by atomic mass is 17.1. The zero-order chi connectivity index (χ0) is 28.1. The largest absolute Gasteiger partial charge is 0.481 e. The second kappa shape index (κ2) is 15.1. The second-order valence-electron chi connectivity index (χ2n) is 9.35. The molecule has 1 heterocycles. The fraction of sp³-hybridized carbons (Fsp3) is 0.414. The molecule has 210 valence electrons. The van der Waals surface area contributed by atoms with Gasteiger partial charge < -0.3 is 14.8 Å². The average molecular weight is 539 g/mol. The Morgan fingerprint density at radius 2 is 1.44 bits per heavy atom. The molecule has 0 aliphatic heterocycles. The molecule has 3 rings (SSSR count). The molecule has 1 aromatic heterocycles. The van der Waals surface area contributed by atoms with Crippen LogP contribution >= 0.6 is 0 Å². The fourth-order valence-corrected chi connectivity index (χ4v) is 4.69. The summed E-state index contributed by atoms with van der Waals surface area (Å²) in [5, 5.41) is 20.1. The lowest BCUT2D eigenvalue weighted by atomic mass is 9.65. The number of carbonyl (C=O) groups excluding carboxylic acids is 1. The predicted octanol–water partition coefficient (Wildman–Crippen LogP) is 4.35. The SMILES string of the molecule is COc1cc(OC)nc(C[C@H](C(=O)NCCCCCCON(O)O)C(C)(c2ccccc2)c2ccccc2)n1. The van der Waals surface area contributed by atoms with Crippen molar-refractivity contribution >= 4 is 5.91 Å². The van der Waals surface area contributed by atoms with Crippen LogP contribution < -0.4 is 14.8 Å². The Kier molecular flexibility index (Phi) is 11.6. The van der Waals surface area contributed by atoms with Gasteiger partial charge in [-0.3, -0.25) is 20.0 Å². The van der Waals surface area contributed by atoms with Crippen molar-refractivity contribution < 1.29 is 29.5 Å². The van der Waals surface area contributed by atoms with Gasteiger partial charge in [-0.25, -0.2) is 0 Å². The summed E-state index contributed by atoms with van der Waals surface area (Å²) in [6.45, 7) is 2.80. The monoisotopic (exact) mass is 538 g/mol. The topological polar surface area (TPSA) is 126 Å². The number of rotatable bonds is 16. The Hall–Kier alpha value is -3.57. The molecule has 3 aromatic rings. The van der Waals surface area contributed by atoms with E-state index in [-0.39, 0.29) is 24.3 Å². The summed E-state index contributed by atoms with van der Waals surface area (Å²) in [5.74, 6) is 0.534. The predicted molar refractivity (Wildman–Crippen MR) is 145 cm³/mol. The molecular weight excluding hydrogens is 500 g/mol. The summed E-state index contributed by atoms with van der Waals surface area (Å²) in [4.78, 5) is 27.6. The number of methoxy groups -OCH3 is 2. The van der Waals surface area contributed by atoms with Crippen LogP contribution in [0.2, 0.25) is 0 Å². The lowest BCUT2D eigenvalue weighted by molar-refractivity contribution is -0.492. The van der Waals surface area contributed by atoms with E-state index in [1.165, 1.54) is 14.2 Å². The van der Waals surface area contributed by atoms with Crippen LogP contribution in [0.4, 0.5) is 0 Å². The van der Waals surface area contributed by atoms with Gasteiger partial charge in [0.15, 0.2) is 0 Å². The molecule has 10 nitrogen and oxygen atoms in total. The Morgan fingerprint density at radius 3 is 1.95 bits per heavy atom. The Labute approximate surface area is 229 Å². The molecule has 0 aliphatic carbocycles. The third-order valence-electron chi connectivity index (χ3n) is 6.87. The number of carbonyl (C=O) groups is 1. The summed E-state index contributed by atoms with van der Waals surface area (Å²) in [7, 11) is 3.06. The van der Waals surface area contributed by atoms with Crippen LogP contribution in [0.1, 0.15) is 49.6 Å². The van der Waals surface area contributed by atoms with Gasteiger partial charge in [-0.05, 0) is 24.0 Å². The van der Waals surface area contributed by atoms with Gasteiger partial charge in [0, 0.05) is 18.4 Å². The molecule has 39 heavy (non-hydrogen) atoms. The molecule has 0 fully saturated rings. The molecule has 1 atom stereocenters. The first-order valence-corrected chi connectivity index (χ1v) is 13.0. The van der Waals surface area contributed by atoms with Gasteiger partial charge in [0.2, 0.25) is 17.7 Å². The molecule has 0 bridgehead atoms. The quantitative estimate of drug-likeness (QED) is 0.180. The van der Waals surface area contributed by atoms with Gasteiger partial charge in [-0.15, -0.1) is 0 Å². The Balaban J connectivity index is 1.87. The maximum atomic E-state index is 13.9. The fourth-order valence-electron chi connectivity index (χ4n) is 4.69. The number of ether oxygens (including phenoxy) is 2. The zero-order valence-electron chi connectivity index (χ0n) is 22.7. The average Bonchev–Trinajstić information content (AvgIpc) is 2.97. The van der Waals surface area contributed by atoms with E-state index in [1.54, 1.807) is 6.07 Å². The van der Waals surface area contributed by atoms with Crippen molar-refractivity contribution in [3.63, 3.8) is 0 Å². The van der Waals surface area contributed by atoms with E-state index in [0.29, 0.717) is 30.5 Å². The van der Waals surface area contributed by atoms with E-state index < -0.39 is 11.3 Å². The van der Waals surface area contributed by atoms with Gasteiger partial charge in [0.05, 0.1) is 38.2 Å². The minimum Gasteiger partial charge on any atom is -0.481 e. The number of nitrogens with one attached hydrogen (secondary N) is 1. The first kappa shape index (κ1) is 30.0. The molecule has 0 spiro atoms. The number of aromatic nitrogens is 2. The molecule has 0 radical (unpaired) electrons. The number of unbranched alkanes of at least 4 members (excludes halogenated alkanes) is 3. The van der Waals surface area contributed by atoms with Crippen molar-refractivity contribution in [2.75, 3.05) is 27.4 Å². The number of amides is 1. The highest BCUT2D eigenvalue weighted by Gasteiger charge is 2.42. The molecule has 3 N–H and O–H groups in total. The Bertz CT molecular complexity index is 1090. The first-order chi connectivity index (χ1) is 18.9. The molecular formula is C29H38N4O6. The summed E-state index contributed by atoms with van der Waals surface area (Å²) in [5.41, 5.74) is 1.32. The van der Waals surface area contributed by atoms with Crippen molar-refractivity contribution in [2.45, 2.75) is 44.4 Å². The highest BCUT2D eigenvalue weighted by molar-refractivity contribution is 5.81. The lowest BCUT2D eigenvalue weighted by Crippen LogP contribution is -2.45. The van der Waals surface area contributed by atoms with Crippen molar-refractivity contribution in [1.29, 1.82) is 0 Å². The van der Waals surface area contributed by atoms with Crippen molar-refractivity contribution in [3.8, 4) is 11.8 Å². The number of benzene rings is 2. The van der Waals surface area contributed by atoms with Crippen molar-refractivity contribution in [3.05, 3.63) is 83.7 Å².